The van der Waals surface area contributed by atoms with Crippen molar-refractivity contribution < 1.29 is 9.53 Å². The van der Waals surface area contributed by atoms with Crippen LogP contribution in [-0.4, -0.2) is 33.3 Å². The van der Waals surface area contributed by atoms with Gasteiger partial charge >= 0.3 is 5.69 Å². The number of aromatic nitrogens is 3. The molecule has 30 heavy (non-hydrogen) atoms. The van der Waals surface area contributed by atoms with Crippen LogP contribution in [0, 0.1) is 0 Å². The monoisotopic (exact) mass is 422 g/mol. The summed E-state index contributed by atoms with van der Waals surface area (Å²) in [4.78, 5) is 33.6. The van der Waals surface area contributed by atoms with Gasteiger partial charge in [-0.1, -0.05) is 30.0 Å². The van der Waals surface area contributed by atoms with E-state index < -0.39 is 0 Å². The van der Waals surface area contributed by atoms with E-state index in [0.717, 1.165) is 36.1 Å². The number of benzene rings is 1. The first-order valence-electron chi connectivity index (χ1n) is 9.73. The highest BCUT2D eigenvalue weighted by Gasteiger charge is 2.22. The smallest absolute Gasteiger partial charge is 0.349 e. The molecular weight excluding hydrogens is 400 g/mol. The number of rotatable bonds is 7. The summed E-state index contributed by atoms with van der Waals surface area (Å²) in [5.41, 5.74) is 3.40. The molecule has 3 aromatic rings. The van der Waals surface area contributed by atoms with Crippen molar-refractivity contribution in [3.63, 3.8) is 0 Å². The number of carbonyl (C=O) groups is 1. The molecule has 1 aliphatic carbocycles. The lowest BCUT2D eigenvalue weighted by molar-refractivity contribution is -0.113. The molecule has 0 aliphatic heterocycles. The number of ether oxygens (including phenoxy) is 1. The summed E-state index contributed by atoms with van der Waals surface area (Å²) in [5, 5.41) is 3.51. The van der Waals surface area contributed by atoms with E-state index in [1.165, 1.54) is 11.8 Å². The molecule has 8 heteroatoms. The van der Waals surface area contributed by atoms with Crippen molar-refractivity contribution in [3.8, 4) is 5.75 Å². The standard InChI is InChI=1S/C22H22N4O3S/c1-29-19-10-3-2-8-17(19)24-20(27)14-30-21-16-7-4-9-18(16)26(22(28)25-21)13-15-6-5-11-23-12-15/h2-3,5-6,8,10-12H,4,7,9,13-14H2,1H3,(H,24,27). The molecule has 2 heterocycles. The van der Waals surface area contributed by atoms with Crippen LogP contribution in [0.3, 0.4) is 0 Å². The van der Waals surface area contributed by atoms with Gasteiger partial charge in [-0.3, -0.25) is 14.3 Å². The maximum Gasteiger partial charge on any atom is 0.349 e. The Bertz CT molecular complexity index is 1120. The van der Waals surface area contributed by atoms with Crippen LogP contribution in [0.4, 0.5) is 5.69 Å². The Kier molecular flexibility index (Phi) is 6.13. The van der Waals surface area contributed by atoms with Gasteiger partial charge in [-0.25, -0.2) is 4.79 Å². The van der Waals surface area contributed by atoms with Crippen molar-refractivity contribution in [1.29, 1.82) is 0 Å². The summed E-state index contributed by atoms with van der Waals surface area (Å²) in [5.74, 6) is 0.606. The number of nitrogens with one attached hydrogen (secondary N) is 1. The van der Waals surface area contributed by atoms with Gasteiger partial charge in [-0.15, -0.1) is 0 Å². The number of hydrogen-bond donors (Lipinski definition) is 1. The van der Waals surface area contributed by atoms with Gasteiger partial charge in [0.05, 0.1) is 25.1 Å². The Morgan fingerprint density at radius 3 is 2.90 bits per heavy atom. The minimum atomic E-state index is -0.285. The van der Waals surface area contributed by atoms with Crippen LogP contribution in [0.1, 0.15) is 23.2 Å². The third-order valence-electron chi connectivity index (χ3n) is 4.99. The Balaban J connectivity index is 1.50. The average Bonchev–Trinajstić information content (AvgIpc) is 3.26. The van der Waals surface area contributed by atoms with Gasteiger partial charge in [0.2, 0.25) is 5.91 Å². The summed E-state index contributed by atoms with van der Waals surface area (Å²) < 4.78 is 7.00. The maximum absolute atomic E-state index is 12.7. The van der Waals surface area contributed by atoms with Crippen LogP contribution in [0.15, 0.2) is 58.6 Å². The number of anilines is 1. The minimum absolute atomic E-state index is 0.169. The molecule has 0 atom stereocenters. The molecular formula is C22H22N4O3S. The van der Waals surface area contributed by atoms with Crippen LogP contribution in [0.25, 0.3) is 0 Å². The second-order valence-electron chi connectivity index (χ2n) is 6.96. The van der Waals surface area contributed by atoms with Crippen LogP contribution in [-0.2, 0) is 24.2 Å². The maximum atomic E-state index is 12.7. The van der Waals surface area contributed by atoms with Gasteiger partial charge in [0, 0.05) is 23.7 Å². The van der Waals surface area contributed by atoms with Crippen molar-refractivity contribution in [3.05, 3.63) is 76.1 Å². The molecule has 0 saturated heterocycles. The highest BCUT2D eigenvalue weighted by Crippen LogP contribution is 2.30. The molecule has 0 saturated carbocycles. The lowest BCUT2D eigenvalue weighted by Gasteiger charge is -2.14. The molecule has 1 N–H and O–H groups in total. The molecule has 0 fully saturated rings. The largest absolute Gasteiger partial charge is 0.495 e. The normalized spacial score (nSPS) is 12.4. The van der Waals surface area contributed by atoms with Crippen molar-refractivity contribution in [2.45, 2.75) is 30.8 Å². The summed E-state index contributed by atoms with van der Waals surface area (Å²) in [6, 6.07) is 11.1. The third-order valence-corrected chi connectivity index (χ3v) is 6.00. The van der Waals surface area contributed by atoms with Crippen molar-refractivity contribution >= 4 is 23.4 Å². The van der Waals surface area contributed by atoms with E-state index in [9.17, 15) is 9.59 Å². The summed E-state index contributed by atoms with van der Waals surface area (Å²) in [6.07, 6.45) is 6.17. The van der Waals surface area contributed by atoms with Gasteiger partial charge in [0.15, 0.2) is 0 Å². The van der Waals surface area contributed by atoms with Crippen LogP contribution >= 0.6 is 11.8 Å². The highest BCUT2D eigenvalue weighted by molar-refractivity contribution is 8.00. The Morgan fingerprint density at radius 2 is 2.10 bits per heavy atom. The number of para-hydroxylation sites is 2. The fraction of sp³-hybridized carbons (Fsp3) is 0.273. The Labute approximate surface area is 178 Å². The number of hydrogen-bond acceptors (Lipinski definition) is 6. The summed E-state index contributed by atoms with van der Waals surface area (Å²) in [7, 11) is 1.56. The van der Waals surface area contributed by atoms with E-state index >= 15 is 0 Å². The van der Waals surface area contributed by atoms with Crippen molar-refractivity contribution in [2.75, 3.05) is 18.2 Å². The predicted molar refractivity (Wildman–Crippen MR) is 116 cm³/mol. The first-order valence-corrected chi connectivity index (χ1v) is 10.7. The van der Waals surface area contributed by atoms with E-state index in [1.807, 2.05) is 24.3 Å². The quantitative estimate of drug-likeness (QED) is 0.465. The average molecular weight is 423 g/mol. The molecule has 0 bridgehead atoms. The zero-order valence-corrected chi connectivity index (χ0v) is 17.4. The second-order valence-corrected chi connectivity index (χ2v) is 7.93. The SMILES string of the molecule is COc1ccccc1NC(=O)CSc1nc(=O)n(Cc2cccnc2)c2c1CCC2. The zero-order valence-electron chi connectivity index (χ0n) is 16.6. The molecule has 7 nitrogen and oxygen atoms in total. The number of fused-ring (bicyclic) bond motifs is 1. The fourth-order valence-corrected chi connectivity index (χ4v) is 4.49. The predicted octanol–water partition coefficient (Wildman–Crippen LogP) is 2.91. The number of pyridine rings is 1. The van der Waals surface area contributed by atoms with Crippen LogP contribution in [0.5, 0.6) is 5.75 Å². The summed E-state index contributed by atoms with van der Waals surface area (Å²) in [6.45, 7) is 0.460. The summed E-state index contributed by atoms with van der Waals surface area (Å²) >= 11 is 1.31. The van der Waals surface area contributed by atoms with E-state index in [4.69, 9.17) is 4.74 Å². The molecule has 0 unspecified atom stereocenters. The van der Waals surface area contributed by atoms with Gasteiger partial charge in [0.1, 0.15) is 10.8 Å². The van der Waals surface area contributed by atoms with Gasteiger partial charge in [-0.2, -0.15) is 4.98 Å². The lowest BCUT2D eigenvalue weighted by Crippen LogP contribution is -2.28. The molecule has 154 valence electrons. The van der Waals surface area contributed by atoms with Gasteiger partial charge in [-0.05, 0) is 43.0 Å². The minimum Gasteiger partial charge on any atom is -0.495 e. The molecule has 4 rings (SSSR count). The molecule has 2 aromatic heterocycles. The van der Waals surface area contributed by atoms with Crippen molar-refractivity contribution in [2.24, 2.45) is 0 Å². The van der Waals surface area contributed by atoms with E-state index in [0.29, 0.717) is 23.0 Å². The van der Waals surface area contributed by atoms with Gasteiger partial charge in [0.25, 0.3) is 0 Å². The molecule has 1 amide bonds. The van der Waals surface area contributed by atoms with E-state index in [2.05, 4.69) is 15.3 Å². The van der Waals surface area contributed by atoms with E-state index in [1.54, 1.807) is 36.2 Å². The second kappa shape index (κ2) is 9.13. The zero-order chi connectivity index (χ0) is 20.9. The number of amides is 1. The molecule has 0 spiro atoms. The molecule has 0 radical (unpaired) electrons. The lowest BCUT2D eigenvalue weighted by atomic mass is 10.2. The fourth-order valence-electron chi connectivity index (χ4n) is 3.61. The first kappa shape index (κ1) is 20.2. The topological polar surface area (TPSA) is 86.1 Å². The van der Waals surface area contributed by atoms with Gasteiger partial charge < -0.3 is 10.1 Å². The third kappa shape index (κ3) is 4.38. The van der Waals surface area contributed by atoms with E-state index in [-0.39, 0.29) is 17.3 Å². The van der Waals surface area contributed by atoms with Crippen LogP contribution in [0.2, 0.25) is 0 Å². The number of thioether (sulfide) groups is 1. The molecule has 1 aliphatic rings. The number of carbonyl (C=O) groups excluding carboxylic acids is 1. The number of methoxy groups -OCH3 is 1. The number of nitrogens with zero attached hydrogens (tertiary/aromatic N) is 3. The molecule has 1 aromatic carbocycles. The first-order chi connectivity index (χ1) is 14.7. The van der Waals surface area contributed by atoms with Crippen LogP contribution < -0.4 is 15.7 Å². The Hall–Kier alpha value is -3.13. The van der Waals surface area contributed by atoms with Crippen molar-refractivity contribution in [1.82, 2.24) is 14.5 Å². The Morgan fingerprint density at radius 1 is 1.23 bits per heavy atom. The highest BCUT2D eigenvalue weighted by atomic mass is 32.2.